The normalized spacial score (nSPS) is 11.4. The lowest BCUT2D eigenvalue weighted by Gasteiger charge is -2.18. The van der Waals surface area contributed by atoms with Crippen LogP contribution in [0.15, 0.2) is 17.6 Å². The molecule has 0 aromatic carbocycles. The number of esters is 2. The van der Waals surface area contributed by atoms with E-state index >= 15 is 0 Å². The number of hydrogen-bond donors (Lipinski definition) is 0. The molecule has 21 heavy (non-hydrogen) atoms. The minimum Gasteiger partial charge on any atom is -0.468 e. The topological polar surface area (TPSA) is 108 Å². The van der Waals surface area contributed by atoms with Gasteiger partial charge in [-0.2, -0.15) is 4.31 Å². The van der Waals surface area contributed by atoms with E-state index in [1.54, 1.807) is 4.57 Å². The molecule has 0 saturated heterocycles. The van der Waals surface area contributed by atoms with Gasteiger partial charge in [0.15, 0.2) is 5.03 Å². The highest BCUT2D eigenvalue weighted by atomic mass is 32.2. The van der Waals surface area contributed by atoms with Gasteiger partial charge in [-0.3, -0.25) is 9.59 Å². The fourth-order valence-electron chi connectivity index (χ4n) is 1.42. The molecule has 0 aliphatic rings. The van der Waals surface area contributed by atoms with Crippen LogP contribution in [-0.4, -0.2) is 61.5 Å². The van der Waals surface area contributed by atoms with E-state index in [0.717, 1.165) is 14.2 Å². The summed E-state index contributed by atoms with van der Waals surface area (Å²) in [4.78, 5) is 26.4. The lowest BCUT2D eigenvalue weighted by molar-refractivity contribution is -0.143. The second-order valence-electron chi connectivity index (χ2n) is 3.97. The van der Waals surface area contributed by atoms with Gasteiger partial charge in [0.1, 0.15) is 13.1 Å². The summed E-state index contributed by atoms with van der Waals surface area (Å²) in [6, 6.07) is 0. The maximum atomic E-state index is 12.4. The molecule has 0 radical (unpaired) electrons. The first-order valence-corrected chi connectivity index (χ1v) is 7.44. The van der Waals surface area contributed by atoms with Gasteiger partial charge < -0.3 is 14.0 Å². The Kier molecular flexibility index (Phi) is 5.85. The molecule has 118 valence electrons. The average Bonchev–Trinajstić information content (AvgIpc) is 2.95. The summed E-state index contributed by atoms with van der Waals surface area (Å²) >= 11 is 0. The second-order valence-corrected chi connectivity index (χ2v) is 5.85. The fourth-order valence-corrected chi connectivity index (χ4v) is 2.69. The first-order valence-electron chi connectivity index (χ1n) is 6.00. The van der Waals surface area contributed by atoms with Crippen molar-refractivity contribution in [3.05, 3.63) is 12.5 Å². The number of rotatable bonds is 7. The van der Waals surface area contributed by atoms with Crippen LogP contribution in [0.4, 0.5) is 0 Å². The Hall–Kier alpha value is -1.94. The molecule has 0 unspecified atom stereocenters. The largest absolute Gasteiger partial charge is 0.468 e. The standard InChI is InChI=1S/C11H17N3O6S/c1-4-13-5-9(12-8-13)21(17,18)14(6-10(15)19-2)7-11(16)20-3/h5,8H,4,6-7H2,1-3H3. The molecule has 1 aromatic rings. The predicted molar refractivity (Wildman–Crippen MR) is 70.7 cm³/mol. The number of carbonyl (C=O) groups excluding carboxylic acids is 2. The maximum absolute atomic E-state index is 12.4. The molecule has 0 bridgehead atoms. The van der Waals surface area contributed by atoms with Crippen molar-refractivity contribution in [1.82, 2.24) is 13.9 Å². The van der Waals surface area contributed by atoms with Gasteiger partial charge in [0.25, 0.3) is 10.0 Å². The quantitative estimate of drug-likeness (QED) is 0.608. The number of sulfonamides is 1. The van der Waals surface area contributed by atoms with Gasteiger partial charge in [0.2, 0.25) is 0 Å². The number of carbonyl (C=O) groups is 2. The molecule has 10 heteroatoms. The molecule has 0 saturated carbocycles. The van der Waals surface area contributed by atoms with Crippen LogP contribution in [0.5, 0.6) is 0 Å². The molecule has 0 amide bonds. The van der Waals surface area contributed by atoms with Crippen LogP contribution >= 0.6 is 0 Å². The third kappa shape index (κ3) is 4.26. The van der Waals surface area contributed by atoms with Gasteiger partial charge in [-0.1, -0.05) is 0 Å². The average molecular weight is 319 g/mol. The summed E-state index contributed by atoms with van der Waals surface area (Å²) in [7, 11) is -1.86. The second kappa shape index (κ2) is 7.18. The highest BCUT2D eigenvalue weighted by molar-refractivity contribution is 7.89. The Balaban J connectivity index is 3.09. The third-order valence-corrected chi connectivity index (χ3v) is 4.32. The van der Waals surface area contributed by atoms with E-state index in [2.05, 4.69) is 14.5 Å². The summed E-state index contributed by atoms with van der Waals surface area (Å²) in [6.07, 6.45) is 2.66. The first-order chi connectivity index (χ1) is 9.84. The lowest BCUT2D eigenvalue weighted by Crippen LogP contribution is -2.40. The van der Waals surface area contributed by atoms with Crippen LogP contribution in [-0.2, 0) is 35.6 Å². The molecule has 1 heterocycles. The molecule has 0 spiro atoms. The minimum atomic E-state index is -4.10. The van der Waals surface area contributed by atoms with E-state index in [1.165, 1.54) is 12.5 Å². The van der Waals surface area contributed by atoms with Gasteiger partial charge in [-0.05, 0) is 6.92 Å². The van der Waals surface area contributed by atoms with Gasteiger partial charge in [-0.15, -0.1) is 0 Å². The molecule has 0 atom stereocenters. The Bertz CT molecular complexity index is 591. The predicted octanol–water partition coefficient (Wildman–Crippen LogP) is -0.760. The monoisotopic (exact) mass is 319 g/mol. The van der Waals surface area contributed by atoms with Crippen LogP contribution in [0.2, 0.25) is 0 Å². The molecule has 0 aliphatic carbocycles. The van der Waals surface area contributed by atoms with E-state index in [-0.39, 0.29) is 5.03 Å². The highest BCUT2D eigenvalue weighted by Crippen LogP contribution is 2.13. The van der Waals surface area contributed by atoms with Gasteiger partial charge in [0, 0.05) is 12.7 Å². The van der Waals surface area contributed by atoms with Crippen molar-refractivity contribution in [2.45, 2.75) is 18.5 Å². The number of aryl methyl sites for hydroxylation is 1. The molecule has 1 rings (SSSR count). The van der Waals surface area contributed by atoms with Crippen LogP contribution in [0.3, 0.4) is 0 Å². The van der Waals surface area contributed by atoms with Crippen molar-refractivity contribution >= 4 is 22.0 Å². The Morgan fingerprint density at radius 1 is 1.24 bits per heavy atom. The zero-order valence-electron chi connectivity index (χ0n) is 12.0. The molecular formula is C11H17N3O6S. The Morgan fingerprint density at radius 2 is 1.76 bits per heavy atom. The molecule has 1 aromatic heterocycles. The lowest BCUT2D eigenvalue weighted by atomic mass is 10.6. The van der Waals surface area contributed by atoms with E-state index < -0.39 is 35.1 Å². The van der Waals surface area contributed by atoms with Crippen LogP contribution in [0.1, 0.15) is 6.92 Å². The van der Waals surface area contributed by atoms with Crippen molar-refractivity contribution in [3.8, 4) is 0 Å². The minimum absolute atomic E-state index is 0.253. The Labute approximate surface area is 122 Å². The van der Waals surface area contributed by atoms with E-state index in [9.17, 15) is 18.0 Å². The van der Waals surface area contributed by atoms with Crippen molar-refractivity contribution in [2.75, 3.05) is 27.3 Å². The van der Waals surface area contributed by atoms with Crippen LogP contribution in [0, 0.1) is 0 Å². The molecule has 0 N–H and O–H groups in total. The van der Waals surface area contributed by atoms with Gasteiger partial charge >= 0.3 is 11.9 Å². The zero-order valence-corrected chi connectivity index (χ0v) is 12.8. The molecule has 0 fully saturated rings. The van der Waals surface area contributed by atoms with Crippen LogP contribution in [0.25, 0.3) is 0 Å². The number of hydrogen-bond acceptors (Lipinski definition) is 7. The summed E-state index contributed by atoms with van der Waals surface area (Å²) < 4.78 is 35.9. The number of aromatic nitrogens is 2. The zero-order chi connectivity index (χ0) is 16.0. The number of ether oxygens (including phenoxy) is 2. The smallest absolute Gasteiger partial charge is 0.321 e. The number of methoxy groups -OCH3 is 2. The number of imidazole rings is 1. The summed E-state index contributed by atoms with van der Waals surface area (Å²) in [5, 5.41) is -0.253. The molecule has 9 nitrogen and oxygen atoms in total. The van der Waals surface area contributed by atoms with E-state index in [4.69, 9.17) is 0 Å². The van der Waals surface area contributed by atoms with E-state index in [1.807, 2.05) is 6.92 Å². The summed E-state index contributed by atoms with van der Waals surface area (Å²) in [5.74, 6) is -1.59. The third-order valence-electron chi connectivity index (χ3n) is 2.65. The summed E-state index contributed by atoms with van der Waals surface area (Å²) in [6.45, 7) is 1.15. The van der Waals surface area contributed by atoms with Crippen LogP contribution < -0.4 is 0 Å². The van der Waals surface area contributed by atoms with Crippen molar-refractivity contribution < 1.29 is 27.5 Å². The highest BCUT2D eigenvalue weighted by Gasteiger charge is 2.31. The van der Waals surface area contributed by atoms with Crippen molar-refractivity contribution in [3.63, 3.8) is 0 Å². The van der Waals surface area contributed by atoms with Gasteiger partial charge in [0.05, 0.1) is 20.5 Å². The van der Waals surface area contributed by atoms with E-state index in [0.29, 0.717) is 10.8 Å². The first kappa shape index (κ1) is 17.1. The Morgan fingerprint density at radius 3 is 2.14 bits per heavy atom. The van der Waals surface area contributed by atoms with Crippen molar-refractivity contribution in [1.29, 1.82) is 0 Å². The maximum Gasteiger partial charge on any atom is 0.321 e. The molecular weight excluding hydrogens is 302 g/mol. The molecule has 0 aliphatic heterocycles. The number of nitrogens with zero attached hydrogens (tertiary/aromatic N) is 3. The van der Waals surface area contributed by atoms with Crippen molar-refractivity contribution in [2.24, 2.45) is 0 Å². The fraction of sp³-hybridized carbons (Fsp3) is 0.545. The summed E-state index contributed by atoms with van der Waals surface area (Å²) in [5.41, 5.74) is 0. The van der Waals surface area contributed by atoms with Gasteiger partial charge in [-0.25, -0.2) is 13.4 Å². The SMILES string of the molecule is CCn1cnc(S(=O)(=O)N(CC(=O)OC)CC(=O)OC)c1.